The summed E-state index contributed by atoms with van der Waals surface area (Å²) in [5.41, 5.74) is 0. The molecule has 2 heteroatoms. The van der Waals surface area contributed by atoms with Crippen molar-refractivity contribution in [3.05, 3.63) is 0 Å². The van der Waals surface area contributed by atoms with Crippen LogP contribution in [0.3, 0.4) is 0 Å². The molecule has 1 aliphatic heterocycles. The van der Waals surface area contributed by atoms with Gasteiger partial charge in [0.25, 0.3) is 0 Å². The molecule has 2 atom stereocenters. The molecule has 1 aliphatic rings. The normalized spacial score (nSPS) is 31.3. The van der Waals surface area contributed by atoms with Crippen molar-refractivity contribution >= 4 is 0 Å². The molecule has 2 nitrogen and oxygen atoms in total. The van der Waals surface area contributed by atoms with Crippen LogP contribution < -0.4 is 5.32 Å². The summed E-state index contributed by atoms with van der Waals surface area (Å²) in [7, 11) is 0. The lowest BCUT2D eigenvalue weighted by Crippen LogP contribution is -2.41. The van der Waals surface area contributed by atoms with Crippen LogP contribution in [0.15, 0.2) is 0 Å². The van der Waals surface area contributed by atoms with Gasteiger partial charge in [0, 0.05) is 6.54 Å². The summed E-state index contributed by atoms with van der Waals surface area (Å²) in [4.78, 5) is 0. The molecule has 1 rings (SSSR count). The monoisotopic (exact) mass is 153 g/mol. The summed E-state index contributed by atoms with van der Waals surface area (Å²) in [5.74, 6) is 3.13. The third kappa shape index (κ3) is 2.53. The highest BCUT2D eigenvalue weighted by Crippen LogP contribution is 2.13. The summed E-state index contributed by atoms with van der Waals surface area (Å²) in [5, 5.41) is 3.28. The molecule has 62 valence electrons. The van der Waals surface area contributed by atoms with Crippen LogP contribution in [0, 0.1) is 18.3 Å². The first kappa shape index (κ1) is 8.58. The zero-order valence-electron chi connectivity index (χ0n) is 6.97. The van der Waals surface area contributed by atoms with E-state index in [4.69, 9.17) is 11.2 Å². The molecular formula is C9H15NO. The third-order valence-corrected chi connectivity index (χ3v) is 2.14. The van der Waals surface area contributed by atoms with E-state index in [1.807, 2.05) is 0 Å². The van der Waals surface area contributed by atoms with Crippen molar-refractivity contribution in [1.29, 1.82) is 0 Å². The van der Waals surface area contributed by atoms with Crippen LogP contribution in [0.1, 0.15) is 13.3 Å². The van der Waals surface area contributed by atoms with Gasteiger partial charge in [-0.1, -0.05) is 12.8 Å². The smallest absolute Gasteiger partial charge is 0.107 e. The predicted molar refractivity (Wildman–Crippen MR) is 45.2 cm³/mol. The highest BCUT2D eigenvalue weighted by atomic mass is 16.5. The summed E-state index contributed by atoms with van der Waals surface area (Å²) in [6.07, 6.45) is 6.60. The first-order chi connectivity index (χ1) is 5.34. The Labute approximate surface area is 68.3 Å². The summed E-state index contributed by atoms with van der Waals surface area (Å²) < 4.78 is 5.45. The van der Waals surface area contributed by atoms with E-state index in [2.05, 4.69) is 18.2 Å². The number of hydrogen-bond acceptors (Lipinski definition) is 2. The van der Waals surface area contributed by atoms with Gasteiger partial charge in [-0.2, -0.15) is 0 Å². The van der Waals surface area contributed by atoms with Gasteiger partial charge in [-0.15, -0.1) is 6.42 Å². The number of rotatable bonds is 2. The molecule has 1 heterocycles. The molecule has 11 heavy (non-hydrogen) atoms. The van der Waals surface area contributed by atoms with E-state index in [0.29, 0.717) is 18.6 Å². The van der Waals surface area contributed by atoms with Gasteiger partial charge in [-0.05, 0) is 18.9 Å². The van der Waals surface area contributed by atoms with Crippen LogP contribution in [0.5, 0.6) is 0 Å². The molecule has 0 aliphatic carbocycles. The molecule has 0 saturated carbocycles. The second-order valence-corrected chi connectivity index (χ2v) is 3.02. The maximum absolute atomic E-state index is 5.45. The number of hydrogen-bond donors (Lipinski definition) is 1. The largest absolute Gasteiger partial charge is 0.364 e. The summed E-state index contributed by atoms with van der Waals surface area (Å²) in [6, 6.07) is 0. The third-order valence-electron chi connectivity index (χ3n) is 2.14. The Kier molecular flexibility index (Phi) is 3.41. The van der Waals surface area contributed by atoms with Gasteiger partial charge in [-0.3, -0.25) is 0 Å². The van der Waals surface area contributed by atoms with Gasteiger partial charge in [0.05, 0.1) is 6.10 Å². The molecule has 0 aromatic heterocycles. The molecule has 2 unspecified atom stereocenters. The average Bonchev–Trinajstić information content (AvgIpc) is 2.03. The van der Waals surface area contributed by atoms with Crippen molar-refractivity contribution < 1.29 is 4.74 Å². The quantitative estimate of drug-likeness (QED) is 0.588. The van der Waals surface area contributed by atoms with Crippen molar-refractivity contribution in [3.8, 4) is 12.3 Å². The topological polar surface area (TPSA) is 21.3 Å². The van der Waals surface area contributed by atoms with Crippen LogP contribution in [-0.2, 0) is 4.74 Å². The maximum Gasteiger partial charge on any atom is 0.107 e. The van der Waals surface area contributed by atoms with E-state index in [9.17, 15) is 0 Å². The molecule has 0 bridgehead atoms. The van der Waals surface area contributed by atoms with Crippen LogP contribution in [0.4, 0.5) is 0 Å². The zero-order valence-corrected chi connectivity index (χ0v) is 6.97. The zero-order chi connectivity index (χ0) is 8.10. The summed E-state index contributed by atoms with van der Waals surface area (Å²) >= 11 is 0. The second-order valence-electron chi connectivity index (χ2n) is 3.02. The fourth-order valence-electron chi connectivity index (χ4n) is 1.34. The van der Waals surface area contributed by atoms with Crippen molar-refractivity contribution in [2.24, 2.45) is 5.92 Å². The maximum atomic E-state index is 5.45. The van der Waals surface area contributed by atoms with Gasteiger partial charge in [0.2, 0.25) is 0 Å². The van der Waals surface area contributed by atoms with Gasteiger partial charge in [0.1, 0.15) is 6.61 Å². The van der Waals surface area contributed by atoms with Crippen LogP contribution >= 0.6 is 0 Å². The van der Waals surface area contributed by atoms with Crippen molar-refractivity contribution in [2.45, 2.75) is 19.4 Å². The minimum atomic E-state index is 0.319. The predicted octanol–water partition coefficient (Wildman–Crippen LogP) is 0.634. The van der Waals surface area contributed by atoms with Crippen LogP contribution in [-0.4, -0.2) is 25.8 Å². The van der Waals surface area contributed by atoms with Gasteiger partial charge in [0.15, 0.2) is 0 Å². The first-order valence-electron chi connectivity index (χ1n) is 4.10. The van der Waals surface area contributed by atoms with Crippen molar-refractivity contribution in [1.82, 2.24) is 5.32 Å². The van der Waals surface area contributed by atoms with Gasteiger partial charge < -0.3 is 10.1 Å². The van der Waals surface area contributed by atoms with Gasteiger partial charge >= 0.3 is 0 Å². The lowest BCUT2D eigenvalue weighted by Gasteiger charge is -2.28. The Morgan fingerprint density at radius 1 is 1.73 bits per heavy atom. The number of terminal acetylenes is 1. The molecule has 0 radical (unpaired) electrons. The molecule has 0 aromatic carbocycles. The SMILES string of the molecule is C#CCOC1CNCCC1C. The van der Waals surface area contributed by atoms with E-state index < -0.39 is 0 Å². The molecule has 0 aromatic rings. The Hall–Kier alpha value is -0.520. The van der Waals surface area contributed by atoms with E-state index in [1.54, 1.807) is 0 Å². The van der Waals surface area contributed by atoms with Crippen LogP contribution in [0.2, 0.25) is 0 Å². The number of ether oxygens (including phenoxy) is 1. The van der Waals surface area contributed by atoms with Crippen molar-refractivity contribution in [2.75, 3.05) is 19.7 Å². The Balaban J connectivity index is 2.25. The molecule has 1 fully saturated rings. The molecule has 1 N–H and O–H groups in total. The second kappa shape index (κ2) is 4.38. The lowest BCUT2D eigenvalue weighted by molar-refractivity contribution is 0.0227. The minimum absolute atomic E-state index is 0.319. The fourth-order valence-corrected chi connectivity index (χ4v) is 1.34. The van der Waals surface area contributed by atoms with Crippen LogP contribution in [0.25, 0.3) is 0 Å². The Morgan fingerprint density at radius 3 is 3.18 bits per heavy atom. The molecule has 0 spiro atoms. The molecule has 1 saturated heterocycles. The highest BCUT2D eigenvalue weighted by Gasteiger charge is 2.20. The standard InChI is InChI=1S/C9H15NO/c1-3-6-11-9-7-10-5-4-8(9)2/h1,8-10H,4-7H2,2H3. The first-order valence-corrected chi connectivity index (χ1v) is 4.10. The van der Waals surface area contributed by atoms with E-state index >= 15 is 0 Å². The van der Waals surface area contributed by atoms with Crippen molar-refractivity contribution in [3.63, 3.8) is 0 Å². The molecular weight excluding hydrogens is 138 g/mol. The fraction of sp³-hybridized carbons (Fsp3) is 0.778. The minimum Gasteiger partial charge on any atom is -0.364 e. The highest BCUT2D eigenvalue weighted by molar-refractivity contribution is 4.85. The Bertz CT molecular complexity index is 150. The summed E-state index contributed by atoms with van der Waals surface area (Å²) in [6.45, 7) is 4.71. The van der Waals surface area contributed by atoms with E-state index in [1.165, 1.54) is 6.42 Å². The lowest BCUT2D eigenvalue weighted by atomic mass is 9.97. The number of nitrogens with one attached hydrogen (secondary N) is 1. The van der Waals surface area contributed by atoms with E-state index in [-0.39, 0.29) is 0 Å². The van der Waals surface area contributed by atoms with Gasteiger partial charge in [-0.25, -0.2) is 0 Å². The molecule has 0 amide bonds. The number of piperidine rings is 1. The average molecular weight is 153 g/mol. The van der Waals surface area contributed by atoms with E-state index in [0.717, 1.165) is 13.1 Å². The Morgan fingerprint density at radius 2 is 2.55 bits per heavy atom.